The topological polar surface area (TPSA) is 43.9 Å². The molecule has 2 aliphatic heterocycles. The molecular weight excluding hydrogens is 381 g/mol. The molecule has 0 aliphatic carbocycles. The fourth-order valence-corrected chi connectivity index (χ4v) is 4.21. The quantitative estimate of drug-likeness (QED) is 0.777. The van der Waals surface area contributed by atoms with Gasteiger partial charge in [0.1, 0.15) is 5.82 Å². The van der Waals surface area contributed by atoms with E-state index in [1.54, 1.807) is 41.3 Å². The van der Waals surface area contributed by atoms with Crippen LogP contribution in [0.4, 0.5) is 10.1 Å². The summed E-state index contributed by atoms with van der Waals surface area (Å²) in [5.74, 6) is -0.485. The van der Waals surface area contributed by atoms with E-state index in [1.165, 1.54) is 12.1 Å². The highest BCUT2D eigenvalue weighted by Crippen LogP contribution is 2.34. The second-order valence-corrected chi connectivity index (χ2v) is 7.96. The first kappa shape index (κ1) is 18.9. The zero-order chi connectivity index (χ0) is 19.9. The van der Waals surface area contributed by atoms with Crippen molar-refractivity contribution in [3.8, 4) is 0 Å². The molecule has 2 aromatic rings. The fraction of sp³-hybridized carbons (Fsp3) is 0.333. The maximum atomic E-state index is 13.7. The van der Waals surface area contributed by atoms with Gasteiger partial charge in [-0.2, -0.15) is 0 Å². The van der Waals surface area contributed by atoms with Gasteiger partial charge < -0.3 is 9.80 Å². The molecule has 5 nitrogen and oxygen atoms in total. The molecule has 0 unspecified atom stereocenters. The van der Waals surface area contributed by atoms with Crippen LogP contribution in [-0.4, -0.2) is 60.4 Å². The smallest absolute Gasteiger partial charge is 0.253 e. The number of likely N-dealkylation sites (N-methyl/N-ethyl adjacent to an activating group) is 1. The molecule has 2 amide bonds. The highest BCUT2D eigenvalue weighted by Gasteiger charge is 2.48. The number of hydrogen-bond donors (Lipinski definition) is 0. The van der Waals surface area contributed by atoms with Crippen LogP contribution in [-0.2, 0) is 4.79 Å². The van der Waals surface area contributed by atoms with E-state index in [0.29, 0.717) is 35.9 Å². The van der Waals surface area contributed by atoms with Crippen molar-refractivity contribution in [3.05, 3.63) is 64.9 Å². The van der Waals surface area contributed by atoms with E-state index >= 15 is 0 Å². The molecule has 0 N–H and O–H groups in total. The van der Waals surface area contributed by atoms with Crippen LogP contribution >= 0.6 is 11.6 Å². The Labute approximate surface area is 168 Å². The molecule has 28 heavy (non-hydrogen) atoms. The SMILES string of the molecule is CN1CC(=O)N(c2cccc(F)c2)C[C@@]12CCN(C(=O)c1ccc(Cl)cc1)C2. The van der Waals surface area contributed by atoms with Crippen LogP contribution < -0.4 is 4.90 Å². The van der Waals surface area contributed by atoms with Crippen LogP contribution in [0.25, 0.3) is 0 Å². The number of halogens is 2. The average Bonchev–Trinajstić information content (AvgIpc) is 3.10. The van der Waals surface area contributed by atoms with Crippen LogP contribution in [0.1, 0.15) is 16.8 Å². The fourth-order valence-electron chi connectivity index (χ4n) is 4.08. The summed E-state index contributed by atoms with van der Waals surface area (Å²) in [7, 11) is 1.91. The van der Waals surface area contributed by atoms with Crippen molar-refractivity contribution in [2.24, 2.45) is 0 Å². The highest BCUT2D eigenvalue weighted by molar-refractivity contribution is 6.30. The van der Waals surface area contributed by atoms with Crippen molar-refractivity contribution >= 4 is 29.1 Å². The molecule has 2 aromatic carbocycles. The summed E-state index contributed by atoms with van der Waals surface area (Å²) in [5, 5.41) is 0.589. The molecule has 7 heteroatoms. The van der Waals surface area contributed by atoms with Crippen molar-refractivity contribution in [2.75, 3.05) is 38.1 Å². The third-order valence-electron chi connectivity index (χ3n) is 5.77. The van der Waals surface area contributed by atoms with Crippen LogP contribution in [0, 0.1) is 5.82 Å². The molecule has 2 saturated heterocycles. The van der Waals surface area contributed by atoms with Gasteiger partial charge in [-0.15, -0.1) is 0 Å². The monoisotopic (exact) mass is 401 g/mol. The average molecular weight is 402 g/mol. The minimum Gasteiger partial charge on any atom is -0.337 e. The number of rotatable bonds is 2. The summed E-state index contributed by atoms with van der Waals surface area (Å²) >= 11 is 5.92. The van der Waals surface area contributed by atoms with E-state index in [9.17, 15) is 14.0 Å². The number of anilines is 1. The van der Waals surface area contributed by atoms with E-state index in [2.05, 4.69) is 0 Å². The predicted molar refractivity (Wildman–Crippen MR) is 106 cm³/mol. The molecule has 1 atom stereocenters. The van der Waals surface area contributed by atoms with Gasteiger partial charge in [-0.25, -0.2) is 4.39 Å². The van der Waals surface area contributed by atoms with Gasteiger partial charge in [-0.1, -0.05) is 17.7 Å². The number of likely N-dealkylation sites (tertiary alicyclic amines) is 1. The second kappa shape index (κ2) is 7.18. The molecule has 0 radical (unpaired) electrons. The Bertz CT molecular complexity index is 920. The van der Waals surface area contributed by atoms with Crippen LogP contribution in [0.5, 0.6) is 0 Å². The largest absolute Gasteiger partial charge is 0.337 e. The summed E-state index contributed by atoms with van der Waals surface area (Å²) in [6.45, 7) is 1.79. The number of carbonyl (C=O) groups is 2. The number of hydrogen-bond acceptors (Lipinski definition) is 3. The minimum absolute atomic E-state index is 0.0452. The van der Waals surface area contributed by atoms with Gasteiger partial charge in [-0.05, 0) is 55.9 Å². The third-order valence-corrected chi connectivity index (χ3v) is 6.02. The normalized spacial score (nSPS) is 22.9. The Kier molecular flexibility index (Phi) is 4.85. The third kappa shape index (κ3) is 3.38. The molecule has 1 spiro atoms. The van der Waals surface area contributed by atoms with Crippen LogP contribution in [0.3, 0.4) is 0 Å². The minimum atomic E-state index is -0.371. The Hall–Kier alpha value is -2.44. The predicted octanol–water partition coefficient (Wildman–Crippen LogP) is 3.04. The van der Waals surface area contributed by atoms with Crippen molar-refractivity contribution < 1.29 is 14.0 Å². The molecule has 4 rings (SSSR count). The summed E-state index contributed by atoms with van der Waals surface area (Å²) in [6, 6.07) is 12.9. The molecule has 0 bridgehead atoms. The van der Waals surface area contributed by atoms with Gasteiger partial charge in [0.25, 0.3) is 5.91 Å². The van der Waals surface area contributed by atoms with Crippen molar-refractivity contribution in [3.63, 3.8) is 0 Å². The first-order valence-corrected chi connectivity index (χ1v) is 9.58. The van der Waals surface area contributed by atoms with E-state index < -0.39 is 0 Å². The molecule has 146 valence electrons. The number of nitrogens with zero attached hydrogens (tertiary/aromatic N) is 3. The van der Waals surface area contributed by atoms with Crippen molar-refractivity contribution in [1.82, 2.24) is 9.80 Å². The zero-order valence-electron chi connectivity index (χ0n) is 15.6. The number of piperazine rings is 1. The van der Waals surface area contributed by atoms with Gasteiger partial charge in [0, 0.05) is 35.9 Å². The zero-order valence-corrected chi connectivity index (χ0v) is 16.3. The van der Waals surface area contributed by atoms with E-state index in [0.717, 1.165) is 6.42 Å². The number of carbonyl (C=O) groups excluding carboxylic acids is 2. The summed E-state index contributed by atoms with van der Waals surface area (Å²) in [6.07, 6.45) is 0.752. The van der Waals surface area contributed by atoms with Crippen LogP contribution in [0.15, 0.2) is 48.5 Å². The first-order valence-electron chi connectivity index (χ1n) is 9.20. The lowest BCUT2D eigenvalue weighted by Crippen LogP contribution is -2.64. The van der Waals surface area contributed by atoms with E-state index in [-0.39, 0.29) is 29.7 Å². The first-order chi connectivity index (χ1) is 13.4. The van der Waals surface area contributed by atoms with Gasteiger partial charge in [0.05, 0.1) is 12.1 Å². The molecule has 0 saturated carbocycles. The lowest BCUT2D eigenvalue weighted by molar-refractivity contribution is -0.123. The van der Waals surface area contributed by atoms with Gasteiger partial charge in [0.2, 0.25) is 5.91 Å². The molecule has 2 heterocycles. The summed E-state index contributed by atoms with van der Waals surface area (Å²) in [4.78, 5) is 31.0. The Balaban J connectivity index is 1.56. The van der Waals surface area contributed by atoms with Crippen molar-refractivity contribution in [1.29, 1.82) is 0 Å². The summed E-state index contributed by atoms with van der Waals surface area (Å²) < 4.78 is 13.7. The Morgan fingerprint density at radius 1 is 1.14 bits per heavy atom. The van der Waals surface area contributed by atoms with Gasteiger partial charge >= 0.3 is 0 Å². The number of benzene rings is 2. The molecular formula is C21H21ClFN3O2. The lowest BCUT2D eigenvalue weighted by Gasteiger charge is -2.46. The van der Waals surface area contributed by atoms with E-state index in [1.807, 2.05) is 16.8 Å². The summed E-state index contributed by atoms with van der Waals surface area (Å²) in [5.41, 5.74) is 0.806. The molecule has 2 aliphatic rings. The highest BCUT2D eigenvalue weighted by atomic mass is 35.5. The second-order valence-electron chi connectivity index (χ2n) is 7.52. The Morgan fingerprint density at radius 3 is 2.61 bits per heavy atom. The van der Waals surface area contributed by atoms with Gasteiger partial charge in [0.15, 0.2) is 0 Å². The lowest BCUT2D eigenvalue weighted by atomic mass is 9.92. The molecule has 2 fully saturated rings. The van der Waals surface area contributed by atoms with E-state index in [4.69, 9.17) is 11.6 Å². The number of amides is 2. The standard InChI is InChI=1S/C21H21ClFN3O2/c1-24-12-19(27)26(18-4-2-3-17(23)11-18)14-21(24)9-10-25(13-21)20(28)15-5-7-16(22)8-6-15/h2-8,11H,9-10,12-14H2,1H3/t21-/m0/s1. The Morgan fingerprint density at radius 2 is 1.89 bits per heavy atom. The maximum absolute atomic E-state index is 13.7. The van der Waals surface area contributed by atoms with Gasteiger partial charge in [-0.3, -0.25) is 14.5 Å². The van der Waals surface area contributed by atoms with Crippen molar-refractivity contribution in [2.45, 2.75) is 12.0 Å². The van der Waals surface area contributed by atoms with Crippen LogP contribution in [0.2, 0.25) is 5.02 Å². The molecule has 0 aromatic heterocycles. The maximum Gasteiger partial charge on any atom is 0.253 e.